The van der Waals surface area contributed by atoms with Crippen molar-refractivity contribution in [2.45, 2.75) is 19.9 Å². The Morgan fingerprint density at radius 3 is 2.86 bits per heavy atom. The van der Waals surface area contributed by atoms with Crippen LogP contribution in [0.4, 0.5) is 0 Å². The number of aromatic amines is 2. The predicted molar refractivity (Wildman–Crippen MR) is 79.5 cm³/mol. The van der Waals surface area contributed by atoms with Gasteiger partial charge in [0.1, 0.15) is 11.3 Å². The van der Waals surface area contributed by atoms with Gasteiger partial charge in [-0.1, -0.05) is 18.5 Å². The minimum absolute atomic E-state index is 0.255. The maximum Gasteiger partial charge on any atom is 0.330 e. The molecule has 21 heavy (non-hydrogen) atoms. The number of hydrogen-bond acceptors (Lipinski definition) is 4. The predicted octanol–water partition coefficient (Wildman–Crippen LogP) is 1.54. The largest absolute Gasteiger partial charge is 0.332 e. The van der Waals surface area contributed by atoms with E-state index in [1.165, 1.54) is 10.8 Å². The lowest BCUT2D eigenvalue weighted by Crippen LogP contribution is -2.30. The number of rotatable bonds is 3. The maximum atomic E-state index is 11.9. The van der Waals surface area contributed by atoms with Crippen LogP contribution in [0.5, 0.6) is 0 Å². The van der Waals surface area contributed by atoms with Crippen molar-refractivity contribution < 1.29 is 0 Å². The van der Waals surface area contributed by atoms with Gasteiger partial charge in [0.25, 0.3) is 5.56 Å². The van der Waals surface area contributed by atoms with Gasteiger partial charge in [-0.15, -0.1) is 0 Å². The standard InChI is InChI=1S/C13H12ClN5O2/c1-2-5-19-11-9(12(20)18-13(19)21)16-10(17-11)7-3-4-15-6-8(7)14/h3-4,6H,2,5H2,1H3,(H,16,17)(H,18,20,21). The van der Waals surface area contributed by atoms with Crippen molar-refractivity contribution in [1.82, 2.24) is 24.5 Å². The summed E-state index contributed by atoms with van der Waals surface area (Å²) in [6.07, 6.45) is 3.82. The molecule has 3 aromatic heterocycles. The second-order valence-electron chi connectivity index (χ2n) is 4.55. The monoisotopic (exact) mass is 305 g/mol. The van der Waals surface area contributed by atoms with Crippen molar-refractivity contribution in [2.24, 2.45) is 0 Å². The molecule has 2 N–H and O–H groups in total. The lowest BCUT2D eigenvalue weighted by atomic mass is 10.2. The molecule has 0 saturated heterocycles. The lowest BCUT2D eigenvalue weighted by Gasteiger charge is -2.02. The topological polar surface area (TPSA) is 96.4 Å². The van der Waals surface area contributed by atoms with Gasteiger partial charge in [0.15, 0.2) is 5.65 Å². The van der Waals surface area contributed by atoms with Crippen molar-refractivity contribution in [3.63, 3.8) is 0 Å². The summed E-state index contributed by atoms with van der Waals surface area (Å²) >= 11 is 6.08. The van der Waals surface area contributed by atoms with Crippen LogP contribution in [0.25, 0.3) is 22.6 Å². The van der Waals surface area contributed by atoms with E-state index in [-0.39, 0.29) is 5.52 Å². The van der Waals surface area contributed by atoms with E-state index in [0.717, 1.165) is 6.42 Å². The van der Waals surface area contributed by atoms with Crippen molar-refractivity contribution in [3.05, 3.63) is 44.3 Å². The number of imidazole rings is 1. The fraction of sp³-hybridized carbons (Fsp3) is 0.231. The highest BCUT2D eigenvalue weighted by atomic mass is 35.5. The third kappa shape index (κ3) is 2.25. The Balaban J connectivity index is 2.32. The smallest absolute Gasteiger partial charge is 0.330 e. The summed E-state index contributed by atoms with van der Waals surface area (Å²) in [6, 6.07) is 1.69. The van der Waals surface area contributed by atoms with Crippen LogP contribution in [0.2, 0.25) is 5.02 Å². The van der Waals surface area contributed by atoms with Crippen molar-refractivity contribution in [3.8, 4) is 11.4 Å². The molecule has 0 aliphatic heterocycles. The SMILES string of the molecule is CCCn1c(=O)[nH]c(=O)c2[nH]c(-c3ccncc3Cl)nc21. The van der Waals surface area contributed by atoms with Crippen LogP contribution in [0.15, 0.2) is 28.0 Å². The molecule has 0 spiro atoms. The second kappa shape index (κ2) is 5.17. The number of aryl methyl sites for hydroxylation is 1. The number of nitrogens with zero attached hydrogens (tertiary/aromatic N) is 3. The molecule has 3 rings (SSSR count). The summed E-state index contributed by atoms with van der Waals surface area (Å²) in [5, 5.41) is 0.414. The summed E-state index contributed by atoms with van der Waals surface area (Å²) in [4.78, 5) is 37.2. The quantitative estimate of drug-likeness (QED) is 0.767. The maximum absolute atomic E-state index is 11.9. The Hall–Kier alpha value is -2.41. The average Bonchev–Trinajstić information content (AvgIpc) is 2.89. The van der Waals surface area contributed by atoms with Gasteiger partial charge in [0.2, 0.25) is 0 Å². The highest BCUT2D eigenvalue weighted by molar-refractivity contribution is 6.33. The van der Waals surface area contributed by atoms with Gasteiger partial charge in [-0.3, -0.25) is 19.3 Å². The molecule has 0 saturated carbocycles. The third-order valence-electron chi connectivity index (χ3n) is 3.11. The Morgan fingerprint density at radius 1 is 1.33 bits per heavy atom. The molecule has 7 nitrogen and oxygen atoms in total. The highest BCUT2D eigenvalue weighted by Crippen LogP contribution is 2.25. The van der Waals surface area contributed by atoms with Crippen molar-refractivity contribution in [2.75, 3.05) is 0 Å². The molecule has 0 aliphatic rings. The molecule has 0 bridgehead atoms. The van der Waals surface area contributed by atoms with Crippen LogP contribution in [-0.2, 0) is 6.54 Å². The summed E-state index contributed by atoms with van der Waals surface area (Å²) in [7, 11) is 0. The van der Waals surface area contributed by atoms with E-state index >= 15 is 0 Å². The van der Waals surface area contributed by atoms with E-state index < -0.39 is 11.2 Å². The summed E-state index contributed by atoms with van der Waals surface area (Å²) in [5.41, 5.74) is 0.247. The first-order valence-electron chi connectivity index (χ1n) is 6.44. The van der Waals surface area contributed by atoms with Crippen molar-refractivity contribution >= 4 is 22.8 Å². The van der Waals surface area contributed by atoms with Gasteiger partial charge in [0, 0.05) is 24.5 Å². The first-order valence-corrected chi connectivity index (χ1v) is 6.82. The van der Waals surface area contributed by atoms with Crippen LogP contribution in [-0.4, -0.2) is 24.5 Å². The minimum atomic E-state index is -0.494. The minimum Gasteiger partial charge on any atom is -0.332 e. The Morgan fingerprint density at radius 2 is 2.14 bits per heavy atom. The second-order valence-corrected chi connectivity index (χ2v) is 4.96. The summed E-state index contributed by atoms with van der Waals surface area (Å²) < 4.78 is 1.44. The van der Waals surface area contributed by atoms with Gasteiger partial charge in [-0.2, -0.15) is 0 Å². The van der Waals surface area contributed by atoms with Crippen LogP contribution in [0.3, 0.4) is 0 Å². The number of hydrogen-bond donors (Lipinski definition) is 2. The number of halogens is 1. The number of fused-ring (bicyclic) bond motifs is 1. The zero-order chi connectivity index (χ0) is 15.0. The summed E-state index contributed by atoms with van der Waals surface area (Å²) in [5.74, 6) is 0.429. The van der Waals surface area contributed by atoms with E-state index in [1.807, 2.05) is 6.92 Å². The van der Waals surface area contributed by atoms with Crippen LogP contribution < -0.4 is 11.2 Å². The van der Waals surface area contributed by atoms with Gasteiger partial charge in [-0.25, -0.2) is 9.78 Å². The molecular weight excluding hydrogens is 294 g/mol. The van der Waals surface area contributed by atoms with E-state index in [1.54, 1.807) is 12.3 Å². The number of pyridine rings is 1. The number of H-pyrrole nitrogens is 2. The third-order valence-corrected chi connectivity index (χ3v) is 3.41. The van der Waals surface area contributed by atoms with E-state index in [0.29, 0.717) is 28.6 Å². The van der Waals surface area contributed by atoms with E-state index in [2.05, 4.69) is 19.9 Å². The molecule has 0 unspecified atom stereocenters. The first kappa shape index (κ1) is 13.6. The molecule has 0 aromatic carbocycles. The highest BCUT2D eigenvalue weighted by Gasteiger charge is 2.15. The van der Waals surface area contributed by atoms with E-state index in [4.69, 9.17) is 11.6 Å². The zero-order valence-corrected chi connectivity index (χ0v) is 11.9. The molecule has 3 aromatic rings. The van der Waals surface area contributed by atoms with Crippen LogP contribution in [0, 0.1) is 0 Å². The van der Waals surface area contributed by atoms with Crippen molar-refractivity contribution in [1.29, 1.82) is 0 Å². The molecule has 0 radical (unpaired) electrons. The lowest BCUT2D eigenvalue weighted by molar-refractivity contribution is 0.653. The van der Waals surface area contributed by atoms with Gasteiger partial charge < -0.3 is 4.98 Å². The van der Waals surface area contributed by atoms with Gasteiger partial charge in [-0.05, 0) is 12.5 Å². The zero-order valence-electron chi connectivity index (χ0n) is 11.2. The average molecular weight is 306 g/mol. The molecule has 0 aliphatic carbocycles. The Kier molecular flexibility index (Phi) is 3.34. The van der Waals surface area contributed by atoms with E-state index in [9.17, 15) is 9.59 Å². The molecule has 0 fully saturated rings. The molecule has 0 amide bonds. The Bertz CT molecular complexity index is 924. The molecule has 8 heteroatoms. The van der Waals surface area contributed by atoms with Gasteiger partial charge in [0.05, 0.1) is 5.02 Å². The van der Waals surface area contributed by atoms with Crippen LogP contribution >= 0.6 is 11.6 Å². The fourth-order valence-corrected chi connectivity index (χ4v) is 2.38. The van der Waals surface area contributed by atoms with Crippen LogP contribution in [0.1, 0.15) is 13.3 Å². The molecule has 3 heterocycles. The molecule has 0 atom stereocenters. The number of nitrogens with one attached hydrogen (secondary N) is 2. The normalized spacial score (nSPS) is 11.1. The molecule has 108 valence electrons. The summed E-state index contributed by atoms with van der Waals surface area (Å²) in [6.45, 7) is 2.41. The first-order chi connectivity index (χ1) is 10.1. The molecular formula is C13H12ClN5O2. The fourth-order valence-electron chi connectivity index (χ4n) is 2.17. The number of aromatic nitrogens is 5. The van der Waals surface area contributed by atoms with Gasteiger partial charge >= 0.3 is 5.69 Å². The Labute approximate surface area is 123 Å².